The SMILES string of the molecule is C1=CC2CC1CC=C2c1ccccc1. The fraction of sp³-hybridized carbons (Fsp3) is 0.286. The second kappa shape index (κ2) is 3.13. The quantitative estimate of drug-likeness (QED) is 0.581. The lowest BCUT2D eigenvalue weighted by Crippen LogP contribution is -2.06. The third-order valence-electron chi connectivity index (χ3n) is 3.32. The Labute approximate surface area is 85.0 Å². The van der Waals surface area contributed by atoms with Crippen molar-refractivity contribution in [3.63, 3.8) is 0 Å². The van der Waals surface area contributed by atoms with E-state index in [-0.39, 0.29) is 0 Å². The highest BCUT2D eigenvalue weighted by Gasteiger charge is 2.26. The van der Waals surface area contributed by atoms with E-state index in [0.29, 0.717) is 5.92 Å². The summed E-state index contributed by atoms with van der Waals surface area (Å²) in [5.74, 6) is 1.52. The molecule has 0 N–H and O–H groups in total. The van der Waals surface area contributed by atoms with Gasteiger partial charge in [-0.2, -0.15) is 0 Å². The number of allylic oxidation sites excluding steroid dienone is 4. The Morgan fingerprint density at radius 3 is 2.71 bits per heavy atom. The molecular weight excluding hydrogens is 168 g/mol. The van der Waals surface area contributed by atoms with E-state index in [1.807, 2.05) is 0 Å². The Kier molecular flexibility index (Phi) is 1.80. The molecule has 2 aliphatic carbocycles. The summed E-state index contributed by atoms with van der Waals surface area (Å²) in [6, 6.07) is 10.8. The summed E-state index contributed by atoms with van der Waals surface area (Å²) in [5, 5.41) is 0. The molecule has 0 amide bonds. The van der Waals surface area contributed by atoms with Crippen LogP contribution in [0.4, 0.5) is 0 Å². The standard InChI is InChI=1S/C14H14/c1-2-4-12(5-3-1)14-9-7-11-6-8-13(14)10-11/h1-6,8-9,11,13H,7,10H2. The van der Waals surface area contributed by atoms with Crippen molar-refractivity contribution in [2.24, 2.45) is 11.8 Å². The minimum atomic E-state index is 0.691. The first-order chi connectivity index (χ1) is 6.93. The van der Waals surface area contributed by atoms with Gasteiger partial charge in [-0.3, -0.25) is 0 Å². The van der Waals surface area contributed by atoms with E-state index in [1.54, 1.807) is 0 Å². The maximum Gasteiger partial charge on any atom is 0.00265 e. The lowest BCUT2D eigenvalue weighted by molar-refractivity contribution is 0.572. The second-order valence-electron chi connectivity index (χ2n) is 4.25. The first-order valence-electron chi connectivity index (χ1n) is 5.37. The molecule has 0 heteroatoms. The smallest absolute Gasteiger partial charge is 0.00265 e. The Bertz CT molecular complexity index is 384. The summed E-state index contributed by atoms with van der Waals surface area (Å²) < 4.78 is 0. The van der Waals surface area contributed by atoms with Crippen LogP contribution in [-0.4, -0.2) is 0 Å². The average Bonchev–Trinajstić information content (AvgIpc) is 2.62. The summed E-state index contributed by atoms with van der Waals surface area (Å²) in [5.41, 5.74) is 2.94. The summed E-state index contributed by atoms with van der Waals surface area (Å²) in [4.78, 5) is 0. The van der Waals surface area contributed by atoms with Gasteiger partial charge >= 0.3 is 0 Å². The highest BCUT2D eigenvalue weighted by Crippen LogP contribution is 2.41. The van der Waals surface area contributed by atoms with Gasteiger partial charge in [0, 0.05) is 5.92 Å². The third kappa shape index (κ3) is 1.22. The molecular formula is C14H14. The molecule has 2 unspecified atom stereocenters. The van der Waals surface area contributed by atoms with Crippen LogP contribution in [0.5, 0.6) is 0 Å². The predicted octanol–water partition coefficient (Wildman–Crippen LogP) is 3.67. The molecule has 0 fully saturated rings. The normalized spacial score (nSPS) is 29.0. The minimum absolute atomic E-state index is 0.691. The van der Waals surface area contributed by atoms with Crippen molar-refractivity contribution in [3.8, 4) is 0 Å². The van der Waals surface area contributed by atoms with E-state index in [9.17, 15) is 0 Å². The van der Waals surface area contributed by atoms with Gasteiger partial charge in [-0.25, -0.2) is 0 Å². The van der Waals surface area contributed by atoms with Crippen LogP contribution in [0.1, 0.15) is 18.4 Å². The van der Waals surface area contributed by atoms with Crippen molar-refractivity contribution in [2.75, 3.05) is 0 Å². The molecule has 0 aromatic heterocycles. The molecule has 70 valence electrons. The molecule has 0 heterocycles. The van der Waals surface area contributed by atoms with Crippen LogP contribution in [0.2, 0.25) is 0 Å². The summed E-state index contributed by atoms with van der Waals surface area (Å²) in [6.07, 6.45) is 9.76. The van der Waals surface area contributed by atoms with Crippen molar-refractivity contribution in [2.45, 2.75) is 12.8 Å². The van der Waals surface area contributed by atoms with Crippen LogP contribution in [0, 0.1) is 11.8 Å². The zero-order valence-electron chi connectivity index (χ0n) is 8.19. The van der Waals surface area contributed by atoms with Crippen LogP contribution in [0.25, 0.3) is 5.57 Å². The van der Waals surface area contributed by atoms with Gasteiger partial charge in [-0.15, -0.1) is 0 Å². The third-order valence-corrected chi connectivity index (χ3v) is 3.32. The van der Waals surface area contributed by atoms with Crippen LogP contribution in [0.3, 0.4) is 0 Å². The van der Waals surface area contributed by atoms with E-state index < -0.39 is 0 Å². The zero-order chi connectivity index (χ0) is 9.38. The van der Waals surface area contributed by atoms with E-state index >= 15 is 0 Å². The molecule has 1 aromatic carbocycles. The molecule has 0 radical (unpaired) electrons. The monoisotopic (exact) mass is 182 g/mol. The maximum atomic E-state index is 2.42. The van der Waals surface area contributed by atoms with Gasteiger partial charge < -0.3 is 0 Å². The molecule has 2 bridgehead atoms. The minimum Gasteiger partial charge on any atom is -0.0845 e. The largest absolute Gasteiger partial charge is 0.0845 e. The molecule has 0 spiro atoms. The fourth-order valence-electron chi connectivity index (χ4n) is 2.57. The van der Waals surface area contributed by atoms with Gasteiger partial charge in [0.2, 0.25) is 0 Å². The van der Waals surface area contributed by atoms with E-state index in [0.717, 1.165) is 5.92 Å². The predicted molar refractivity (Wildman–Crippen MR) is 59.8 cm³/mol. The van der Waals surface area contributed by atoms with E-state index in [4.69, 9.17) is 0 Å². The van der Waals surface area contributed by atoms with E-state index in [2.05, 4.69) is 48.6 Å². The van der Waals surface area contributed by atoms with Crippen molar-refractivity contribution >= 4 is 5.57 Å². The summed E-state index contributed by atoms with van der Waals surface area (Å²) in [6.45, 7) is 0. The second-order valence-corrected chi connectivity index (χ2v) is 4.25. The number of hydrogen-bond donors (Lipinski definition) is 0. The van der Waals surface area contributed by atoms with Gasteiger partial charge in [0.25, 0.3) is 0 Å². The first kappa shape index (κ1) is 8.05. The molecule has 2 aliphatic rings. The van der Waals surface area contributed by atoms with Crippen LogP contribution >= 0.6 is 0 Å². The Balaban J connectivity index is 2.00. The fourth-order valence-corrected chi connectivity index (χ4v) is 2.57. The number of fused-ring (bicyclic) bond motifs is 2. The molecule has 14 heavy (non-hydrogen) atoms. The van der Waals surface area contributed by atoms with Gasteiger partial charge in [0.05, 0.1) is 0 Å². The highest BCUT2D eigenvalue weighted by atomic mass is 14.3. The lowest BCUT2D eigenvalue weighted by Gasteiger charge is -2.20. The Morgan fingerprint density at radius 1 is 1.00 bits per heavy atom. The van der Waals surface area contributed by atoms with Crippen molar-refractivity contribution in [1.82, 2.24) is 0 Å². The summed E-state index contributed by atoms with van der Waals surface area (Å²) >= 11 is 0. The topological polar surface area (TPSA) is 0 Å². The van der Waals surface area contributed by atoms with Gasteiger partial charge in [0.15, 0.2) is 0 Å². The maximum absolute atomic E-state index is 2.42. The lowest BCUT2D eigenvalue weighted by atomic mass is 9.84. The summed E-state index contributed by atoms with van der Waals surface area (Å²) in [7, 11) is 0. The van der Waals surface area contributed by atoms with Crippen LogP contribution < -0.4 is 0 Å². The first-order valence-corrected chi connectivity index (χ1v) is 5.37. The molecule has 0 saturated carbocycles. The molecule has 0 nitrogen and oxygen atoms in total. The Hall–Kier alpha value is -1.30. The van der Waals surface area contributed by atoms with Gasteiger partial charge in [0.1, 0.15) is 0 Å². The molecule has 3 rings (SSSR count). The number of benzene rings is 1. The number of rotatable bonds is 1. The molecule has 2 atom stereocenters. The Morgan fingerprint density at radius 2 is 1.86 bits per heavy atom. The highest BCUT2D eigenvalue weighted by molar-refractivity contribution is 5.70. The number of hydrogen-bond acceptors (Lipinski definition) is 0. The van der Waals surface area contributed by atoms with Crippen molar-refractivity contribution < 1.29 is 0 Å². The van der Waals surface area contributed by atoms with Crippen molar-refractivity contribution in [1.29, 1.82) is 0 Å². The average molecular weight is 182 g/mol. The van der Waals surface area contributed by atoms with Crippen LogP contribution in [0.15, 0.2) is 48.6 Å². The molecule has 0 saturated heterocycles. The van der Waals surface area contributed by atoms with E-state index in [1.165, 1.54) is 24.0 Å². The van der Waals surface area contributed by atoms with Gasteiger partial charge in [-0.1, -0.05) is 48.6 Å². The molecule has 1 aromatic rings. The molecule has 0 aliphatic heterocycles. The van der Waals surface area contributed by atoms with Crippen LogP contribution in [-0.2, 0) is 0 Å². The zero-order valence-corrected chi connectivity index (χ0v) is 8.19. The van der Waals surface area contributed by atoms with Crippen molar-refractivity contribution in [3.05, 3.63) is 54.1 Å². The van der Waals surface area contributed by atoms with Gasteiger partial charge in [-0.05, 0) is 29.9 Å².